The van der Waals surface area contributed by atoms with E-state index in [1.165, 1.54) is 12.1 Å². The Morgan fingerprint density at radius 2 is 1.53 bits per heavy atom. The normalized spacial score (nSPS) is 11.4. The zero-order valence-corrected chi connectivity index (χ0v) is 16.5. The van der Waals surface area contributed by atoms with Crippen molar-refractivity contribution in [1.29, 1.82) is 0 Å². The van der Waals surface area contributed by atoms with Gasteiger partial charge in [-0.05, 0) is 34.9 Å². The van der Waals surface area contributed by atoms with Gasteiger partial charge in [-0.2, -0.15) is 0 Å². The smallest absolute Gasteiger partial charge is 0.310 e. The highest BCUT2D eigenvalue weighted by atomic mass is 19.1. The highest BCUT2D eigenvalue weighted by molar-refractivity contribution is 5.82. The molecular formula is C24H22FNO4. The maximum Gasteiger partial charge on any atom is 0.310 e. The van der Waals surface area contributed by atoms with Crippen LogP contribution in [0, 0.1) is 5.82 Å². The van der Waals surface area contributed by atoms with Crippen molar-refractivity contribution in [2.75, 3.05) is 13.7 Å². The van der Waals surface area contributed by atoms with Gasteiger partial charge in [-0.15, -0.1) is 0 Å². The van der Waals surface area contributed by atoms with E-state index in [2.05, 4.69) is 5.32 Å². The molecule has 1 N–H and O–H groups in total. The van der Waals surface area contributed by atoms with Gasteiger partial charge in [0, 0.05) is 0 Å². The Labute approximate surface area is 174 Å². The molecule has 0 saturated carbocycles. The van der Waals surface area contributed by atoms with Crippen LogP contribution in [0.15, 0.2) is 78.9 Å². The molecule has 0 aromatic heterocycles. The highest BCUT2D eigenvalue weighted by Gasteiger charge is 2.18. The second-order valence-corrected chi connectivity index (χ2v) is 6.61. The lowest BCUT2D eigenvalue weighted by Crippen LogP contribution is -2.33. The molecule has 0 spiro atoms. The molecule has 30 heavy (non-hydrogen) atoms. The third-order valence-electron chi connectivity index (χ3n) is 4.54. The molecule has 3 aromatic rings. The van der Waals surface area contributed by atoms with Crippen LogP contribution in [0.2, 0.25) is 0 Å². The van der Waals surface area contributed by atoms with Gasteiger partial charge < -0.3 is 14.8 Å². The molecule has 0 unspecified atom stereocenters. The average Bonchev–Trinajstić information content (AvgIpc) is 2.78. The summed E-state index contributed by atoms with van der Waals surface area (Å²) in [4.78, 5) is 24.4. The van der Waals surface area contributed by atoms with Crippen LogP contribution in [-0.2, 0) is 20.7 Å². The lowest BCUT2D eigenvalue weighted by Gasteiger charge is -2.20. The highest BCUT2D eigenvalue weighted by Crippen LogP contribution is 2.24. The van der Waals surface area contributed by atoms with Gasteiger partial charge in [0.2, 0.25) is 0 Å². The summed E-state index contributed by atoms with van der Waals surface area (Å²) in [6.07, 6.45) is -0.236. The van der Waals surface area contributed by atoms with Gasteiger partial charge >= 0.3 is 5.97 Å². The zero-order chi connectivity index (χ0) is 21.3. The van der Waals surface area contributed by atoms with Crippen molar-refractivity contribution in [3.05, 3.63) is 101 Å². The van der Waals surface area contributed by atoms with E-state index >= 15 is 0 Å². The van der Waals surface area contributed by atoms with Gasteiger partial charge in [0.25, 0.3) is 5.91 Å². The molecule has 1 amide bonds. The Kier molecular flexibility index (Phi) is 7.16. The fraction of sp³-hybridized carbons (Fsp3) is 0.167. The summed E-state index contributed by atoms with van der Waals surface area (Å²) < 4.78 is 23.9. The summed E-state index contributed by atoms with van der Waals surface area (Å²) in [5.41, 5.74) is 1.96. The second kappa shape index (κ2) is 10.2. The van der Waals surface area contributed by atoms with Crippen molar-refractivity contribution in [2.45, 2.75) is 12.5 Å². The number of ether oxygens (including phenoxy) is 2. The zero-order valence-electron chi connectivity index (χ0n) is 16.5. The van der Waals surface area contributed by atoms with Gasteiger partial charge in [-0.25, -0.2) is 4.39 Å². The molecule has 6 heteroatoms. The van der Waals surface area contributed by atoms with E-state index < -0.39 is 30.3 Å². The van der Waals surface area contributed by atoms with E-state index in [1.807, 2.05) is 54.6 Å². The molecular weight excluding hydrogens is 385 g/mol. The van der Waals surface area contributed by atoms with Crippen LogP contribution in [0.3, 0.4) is 0 Å². The molecule has 0 aliphatic heterocycles. The monoisotopic (exact) mass is 407 g/mol. The quantitative estimate of drug-likeness (QED) is 0.577. The predicted molar refractivity (Wildman–Crippen MR) is 110 cm³/mol. The average molecular weight is 407 g/mol. The lowest BCUT2D eigenvalue weighted by atomic mass is 9.98. The first-order chi connectivity index (χ1) is 14.6. The minimum atomic E-state index is -0.670. The van der Waals surface area contributed by atoms with Gasteiger partial charge in [-0.1, -0.05) is 60.7 Å². The summed E-state index contributed by atoms with van der Waals surface area (Å²) in [5, 5.41) is 2.89. The minimum absolute atomic E-state index is 0.225. The third-order valence-corrected chi connectivity index (χ3v) is 4.54. The first-order valence-electron chi connectivity index (χ1n) is 9.44. The fourth-order valence-corrected chi connectivity index (χ4v) is 3.00. The number of nitrogens with one attached hydrogen (secondary N) is 1. The van der Waals surface area contributed by atoms with E-state index in [9.17, 15) is 14.0 Å². The molecule has 0 aliphatic rings. The molecule has 5 nitrogen and oxygen atoms in total. The van der Waals surface area contributed by atoms with Gasteiger partial charge in [-0.3, -0.25) is 9.59 Å². The molecule has 0 radical (unpaired) electrons. The van der Waals surface area contributed by atoms with E-state index in [1.54, 1.807) is 19.2 Å². The Morgan fingerprint density at radius 3 is 2.20 bits per heavy atom. The Morgan fingerprint density at radius 1 is 0.900 bits per heavy atom. The number of methoxy groups -OCH3 is 1. The molecule has 0 aliphatic carbocycles. The number of amides is 1. The maximum atomic E-state index is 13.7. The number of esters is 1. The Bertz CT molecular complexity index is 990. The van der Waals surface area contributed by atoms with Crippen molar-refractivity contribution >= 4 is 11.9 Å². The summed E-state index contributed by atoms with van der Waals surface area (Å²) >= 11 is 0. The molecule has 0 bridgehead atoms. The van der Waals surface area contributed by atoms with Crippen molar-refractivity contribution in [3.63, 3.8) is 0 Å². The van der Waals surface area contributed by atoms with E-state index in [4.69, 9.17) is 9.47 Å². The largest absolute Gasteiger partial charge is 0.497 e. The molecule has 3 aromatic carbocycles. The summed E-state index contributed by atoms with van der Waals surface area (Å²) in [6.45, 7) is -0.452. The molecule has 154 valence electrons. The fourth-order valence-electron chi connectivity index (χ4n) is 3.00. The SMILES string of the molecule is COc1ccc([C@@H](NC(=O)COC(=O)Cc2ccccc2F)c2ccccc2)cc1. The van der Waals surface area contributed by atoms with E-state index in [0.717, 1.165) is 11.1 Å². The second-order valence-electron chi connectivity index (χ2n) is 6.61. The van der Waals surface area contributed by atoms with Gasteiger partial charge in [0.05, 0.1) is 19.6 Å². The standard InChI is InChI=1S/C24H22FNO4/c1-29-20-13-11-18(12-14-20)24(17-7-3-2-4-8-17)26-22(27)16-30-23(28)15-19-9-5-6-10-21(19)25/h2-14,24H,15-16H2,1H3,(H,26,27)/t24-/m0/s1. The van der Waals surface area contributed by atoms with Gasteiger partial charge in [0.15, 0.2) is 6.61 Å². The van der Waals surface area contributed by atoms with Crippen LogP contribution >= 0.6 is 0 Å². The summed E-state index contributed by atoms with van der Waals surface area (Å²) in [6, 6.07) is 22.3. The molecule has 1 atom stereocenters. The molecule has 3 rings (SSSR count). The van der Waals surface area contributed by atoms with Crippen LogP contribution in [0.5, 0.6) is 5.75 Å². The first-order valence-corrected chi connectivity index (χ1v) is 9.44. The number of rotatable bonds is 8. The summed E-state index contributed by atoms with van der Waals surface area (Å²) in [7, 11) is 1.58. The topological polar surface area (TPSA) is 64.6 Å². The number of hydrogen-bond donors (Lipinski definition) is 1. The minimum Gasteiger partial charge on any atom is -0.497 e. The first kappa shape index (κ1) is 21.0. The van der Waals surface area contributed by atoms with Crippen molar-refractivity contribution in [2.24, 2.45) is 0 Å². The van der Waals surface area contributed by atoms with Crippen molar-refractivity contribution < 1.29 is 23.5 Å². The van der Waals surface area contributed by atoms with Crippen molar-refractivity contribution in [3.8, 4) is 5.75 Å². The Hall–Kier alpha value is -3.67. The van der Waals surface area contributed by atoms with Gasteiger partial charge in [0.1, 0.15) is 11.6 Å². The number of halogens is 1. The Balaban J connectivity index is 1.64. The predicted octanol–water partition coefficient (Wildman–Crippen LogP) is 3.83. The number of hydrogen-bond acceptors (Lipinski definition) is 4. The number of carbonyl (C=O) groups excluding carboxylic acids is 2. The number of carbonyl (C=O) groups is 2. The molecule has 0 heterocycles. The van der Waals surface area contributed by atoms with Crippen molar-refractivity contribution in [1.82, 2.24) is 5.32 Å². The van der Waals surface area contributed by atoms with Crippen LogP contribution in [0.1, 0.15) is 22.7 Å². The summed E-state index contributed by atoms with van der Waals surface area (Å²) in [5.74, 6) is -0.904. The van der Waals surface area contributed by atoms with Crippen LogP contribution < -0.4 is 10.1 Å². The van der Waals surface area contributed by atoms with E-state index in [-0.39, 0.29) is 12.0 Å². The van der Waals surface area contributed by atoms with E-state index in [0.29, 0.717) is 5.75 Å². The third kappa shape index (κ3) is 5.67. The molecule has 0 fully saturated rings. The van der Waals surface area contributed by atoms with Crippen LogP contribution in [0.25, 0.3) is 0 Å². The van der Waals surface area contributed by atoms with Crippen LogP contribution in [0.4, 0.5) is 4.39 Å². The van der Waals surface area contributed by atoms with Crippen LogP contribution in [-0.4, -0.2) is 25.6 Å². The lowest BCUT2D eigenvalue weighted by molar-refractivity contribution is -0.148. The maximum absolute atomic E-state index is 13.7. The number of benzene rings is 3. The molecule has 0 saturated heterocycles.